The van der Waals surface area contributed by atoms with Gasteiger partial charge in [-0.15, -0.1) is 0 Å². The molecule has 3 rings (SSSR count). The fourth-order valence-electron chi connectivity index (χ4n) is 3.48. The molecule has 1 aliphatic carbocycles. The Labute approximate surface area is 142 Å². The second-order valence-electron chi connectivity index (χ2n) is 6.43. The molecule has 2 N–H and O–H groups in total. The highest BCUT2D eigenvalue weighted by molar-refractivity contribution is 5.36. The zero-order valence-corrected chi connectivity index (χ0v) is 13.9. The molecule has 3 atom stereocenters. The van der Waals surface area contributed by atoms with Crippen LogP contribution in [0.4, 0.5) is 4.39 Å². The van der Waals surface area contributed by atoms with Crippen molar-refractivity contribution in [2.75, 3.05) is 13.7 Å². The minimum atomic E-state index is -0.431. The number of methoxy groups -OCH3 is 1. The molecule has 0 aromatic heterocycles. The van der Waals surface area contributed by atoms with Crippen LogP contribution in [0.3, 0.4) is 0 Å². The van der Waals surface area contributed by atoms with Crippen molar-refractivity contribution in [3.8, 4) is 0 Å². The number of aliphatic hydroxyl groups is 1. The molecule has 3 unspecified atom stereocenters. The fourth-order valence-corrected chi connectivity index (χ4v) is 3.48. The lowest BCUT2D eigenvalue weighted by molar-refractivity contribution is 0.125. The first-order valence-electron chi connectivity index (χ1n) is 8.42. The summed E-state index contributed by atoms with van der Waals surface area (Å²) >= 11 is 0. The third-order valence-electron chi connectivity index (χ3n) is 4.66. The highest BCUT2D eigenvalue weighted by atomic mass is 19.1. The van der Waals surface area contributed by atoms with Gasteiger partial charge in [-0.3, -0.25) is 0 Å². The molecule has 0 saturated heterocycles. The highest BCUT2D eigenvalue weighted by Crippen LogP contribution is 2.32. The van der Waals surface area contributed by atoms with Crippen molar-refractivity contribution in [3.05, 3.63) is 71.0 Å². The molecule has 0 saturated carbocycles. The Kier molecular flexibility index (Phi) is 5.61. The van der Waals surface area contributed by atoms with E-state index in [0.717, 1.165) is 17.5 Å². The quantitative estimate of drug-likeness (QED) is 0.820. The summed E-state index contributed by atoms with van der Waals surface area (Å²) in [6.45, 7) is 0.622. The summed E-state index contributed by atoms with van der Waals surface area (Å²) in [5, 5.41) is 14.0. The van der Waals surface area contributed by atoms with E-state index in [-0.39, 0.29) is 17.9 Å². The van der Waals surface area contributed by atoms with Gasteiger partial charge in [0.25, 0.3) is 0 Å². The van der Waals surface area contributed by atoms with Crippen LogP contribution in [0.25, 0.3) is 0 Å². The second kappa shape index (κ2) is 7.88. The third-order valence-corrected chi connectivity index (χ3v) is 4.66. The molecule has 0 radical (unpaired) electrons. The zero-order valence-electron chi connectivity index (χ0n) is 13.9. The Morgan fingerprint density at radius 1 is 1.25 bits per heavy atom. The van der Waals surface area contributed by atoms with E-state index in [1.807, 2.05) is 18.2 Å². The van der Waals surface area contributed by atoms with Crippen molar-refractivity contribution in [1.82, 2.24) is 5.32 Å². The van der Waals surface area contributed by atoms with Gasteiger partial charge in [0.1, 0.15) is 5.82 Å². The van der Waals surface area contributed by atoms with Crippen molar-refractivity contribution >= 4 is 0 Å². The molecule has 0 spiro atoms. The van der Waals surface area contributed by atoms with Gasteiger partial charge >= 0.3 is 0 Å². The first kappa shape index (κ1) is 17.1. The van der Waals surface area contributed by atoms with E-state index in [1.54, 1.807) is 19.2 Å². The van der Waals surface area contributed by atoms with Crippen LogP contribution < -0.4 is 5.32 Å². The summed E-state index contributed by atoms with van der Waals surface area (Å²) < 4.78 is 18.7. The van der Waals surface area contributed by atoms with Crippen molar-refractivity contribution in [3.63, 3.8) is 0 Å². The lowest BCUT2D eigenvalue weighted by Gasteiger charge is -2.26. The Morgan fingerprint density at radius 2 is 2.08 bits per heavy atom. The Balaban J connectivity index is 1.74. The summed E-state index contributed by atoms with van der Waals surface area (Å²) in [6, 6.07) is 14.9. The van der Waals surface area contributed by atoms with E-state index >= 15 is 0 Å². The molecule has 3 nitrogen and oxygen atoms in total. The lowest BCUT2D eigenvalue weighted by Crippen LogP contribution is -2.39. The van der Waals surface area contributed by atoms with Crippen LogP contribution in [0.15, 0.2) is 48.5 Å². The SMILES string of the molecule is COCCC(Cc1cccc(F)c1)NC1c2ccccc2CC1O. The normalized spacial score (nSPS) is 20.8. The monoisotopic (exact) mass is 329 g/mol. The maximum absolute atomic E-state index is 13.4. The van der Waals surface area contributed by atoms with Gasteiger partial charge in [0.05, 0.1) is 12.1 Å². The maximum atomic E-state index is 13.4. The summed E-state index contributed by atoms with van der Waals surface area (Å²) in [5.74, 6) is -0.218. The van der Waals surface area contributed by atoms with Crippen LogP contribution in [0, 0.1) is 5.82 Å². The van der Waals surface area contributed by atoms with Gasteiger partial charge in [-0.2, -0.15) is 0 Å². The van der Waals surface area contributed by atoms with Gasteiger partial charge in [-0.25, -0.2) is 4.39 Å². The number of hydrogen-bond acceptors (Lipinski definition) is 3. The second-order valence-corrected chi connectivity index (χ2v) is 6.43. The number of hydrogen-bond donors (Lipinski definition) is 2. The summed E-state index contributed by atoms with van der Waals surface area (Å²) in [4.78, 5) is 0. The van der Waals surface area contributed by atoms with Crippen LogP contribution in [-0.4, -0.2) is 31.0 Å². The molecule has 2 aromatic carbocycles. The number of rotatable bonds is 7. The molecule has 0 heterocycles. The van der Waals surface area contributed by atoms with Crippen LogP contribution >= 0.6 is 0 Å². The Morgan fingerprint density at radius 3 is 2.88 bits per heavy atom. The molecular formula is C20H24FNO2. The predicted molar refractivity (Wildman–Crippen MR) is 92.4 cm³/mol. The molecular weight excluding hydrogens is 305 g/mol. The van der Waals surface area contributed by atoms with Crippen LogP contribution in [0.1, 0.15) is 29.2 Å². The summed E-state index contributed by atoms with van der Waals surface area (Å²) in [6.07, 6.45) is 1.75. The van der Waals surface area contributed by atoms with E-state index in [4.69, 9.17) is 4.74 Å². The molecule has 2 aromatic rings. The van der Waals surface area contributed by atoms with E-state index in [0.29, 0.717) is 19.4 Å². The van der Waals surface area contributed by atoms with Crippen LogP contribution in [0.5, 0.6) is 0 Å². The average molecular weight is 329 g/mol. The largest absolute Gasteiger partial charge is 0.391 e. The summed E-state index contributed by atoms with van der Waals surface area (Å²) in [5.41, 5.74) is 3.30. The summed E-state index contributed by atoms with van der Waals surface area (Å²) in [7, 11) is 1.68. The van der Waals surface area contributed by atoms with E-state index in [9.17, 15) is 9.50 Å². The minimum Gasteiger partial charge on any atom is -0.391 e. The van der Waals surface area contributed by atoms with E-state index < -0.39 is 6.10 Å². The van der Waals surface area contributed by atoms with Gasteiger partial charge in [-0.05, 0) is 41.7 Å². The minimum absolute atomic E-state index is 0.0865. The number of fused-ring (bicyclic) bond motifs is 1. The number of ether oxygens (including phenoxy) is 1. The van der Waals surface area contributed by atoms with Gasteiger partial charge in [0.2, 0.25) is 0 Å². The maximum Gasteiger partial charge on any atom is 0.123 e. The molecule has 0 fully saturated rings. The van der Waals surface area contributed by atoms with Crippen LogP contribution in [0.2, 0.25) is 0 Å². The first-order chi connectivity index (χ1) is 11.7. The van der Waals surface area contributed by atoms with E-state index in [1.165, 1.54) is 11.6 Å². The Hall–Kier alpha value is -1.75. The number of benzene rings is 2. The third kappa shape index (κ3) is 4.01. The predicted octanol–water partition coefficient (Wildman–Crippen LogP) is 3.02. The lowest BCUT2D eigenvalue weighted by atomic mass is 10.0. The zero-order chi connectivity index (χ0) is 16.9. The van der Waals surface area contributed by atoms with Gasteiger partial charge in [-0.1, -0.05) is 36.4 Å². The van der Waals surface area contributed by atoms with Gasteiger partial charge in [0.15, 0.2) is 0 Å². The van der Waals surface area contributed by atoms with Gasteiger partial charge < -0.3 is 15.2 Å². The molecule has 0 bridgehead atoms. The number of halogens is 1. The molecule has 128 valence electrons. The topological polar surface area (TPSA) is 41.5 Å². The fraction of sp³-hybridized carbons (Fsp3) is 0.400. The van der Waals surface area contributed by atoms with Crippen molar-refractivity contribution < 1.29 is 14.2 Å². The molecule has 0 aliphatic heterocycles. The van der Waals surface area contributed by atoms with Gasteiger partial charge in [0, 0.05) is 26.2 Å². The number of nitrogens with one attached hydrogen (secondary N) is 1. The molecule has 0 amide bonds. The van der Waals surface area contributed by atoms with Crippen LogP contribution in [-0.2, 0) is 17.6 Å². The molecule has 24 heavy (non-hydrogen) atoms. The highest BCUT2D eigenvalue weighted by Gasteiger charge is 2.32. The number of aliphatic hydroxyl groups excluding tert-OH is 1. The van der Waals surface area contributed by atoms with Crippen molar-refractivity contribution in [1.29, 1.82) is 0 Å². The first-order valence-corrected chi connectivity index (χ1v) is 8.42. The standard InChI is InChI=1S/C20H24FNO2/c1-24-10-9-17(12-14-5-4-7-16(21)11-14)22-20-18-8-3-2-6-15(18)13-19(20)23/h2-8,11,17,19-20,22-23H,9-10,12-13H2,1H3. The Bertz CT molecular complexity index is 676. The van der Waals surface area contributed by atoms with Crippen molar-refractivity contribution in [2.24, 2.45) is 0 Å². The molecule has 1 aliphatic rings. The molecule has 4 heteroatoms. The van der Waals surface area contributed by atoms with E-state index in [2.05, 4.69) is 17.4 Å². The average Bonchev–Trinajstić information content (AvgIpc) is 2.88. The van der Waals surface area contributed by atoms with Crippen molar-refractivity contribution in [2.45, 2.75) is 37.5 Å². The smallest absolute Gasteiger partial charge is 0.123 e.